The Morgan fingerprint density at radius 2 is 2.00 bits per heavy atom. The van der Waals surface area contributed by atoms with E-state index in [4.69, 9.17) is 16.7 Å². The molecule has 21 heavy (non-hydrogen) atoms. The van der Waals surface area contributed by atoms with Crippen LogP contribution in [-0.4, -0.2) is 53.2 Å². The Hall–Kier alpha value is -0.910. The number of aliphatic hydroxyl groups is 1. The van der Waals surface area contributed by atoms with E-state index in [1.165, 1.54) is 16.4 Å². The van der Waals surface area contributed by atoms with Crippen molar-refractivity contribution in [2.45, 2.75) is 4.90 Å². The number of hydrogen-bond acceptors (Lipinski definition) is 4. The smallest absolute Gasteiger partial charge is 0.244 e. The monoisotopic (exact) mass is 347 g/mol. The molecule has 0 amide bonds. The summed E-state index contributed by atoms with van der Waals surface area (Å²) < 4.78 is 37.6. The van der Waals surface area contributed by atoms with Crippen molar-refractivity contribution in [1.82, 2.24) is 4.31 Å². The molecule has 114 valence electrons. The Bertz CT molecular complexity index is 711. The van der Waals surface area contributed by atoms with Crippen molar-refractivity contribution in [1.29, 1.82) is 0 Å². The Kier molecular flexibility index (Phi) is 5.41. The molecule has 8 heteroatoms. The molecule has 0 spiro atoms. The normalized spacial score (nSPS) is 17.2. The lowest BCUT2D eigenvalue weighted by Crippen LogP contribution is -2.41. The van der Waals surface area contributed by atoms with Gasteiger partial charge in [0.15, 0.2) is 0 Å². The van der Waals surface area contributed by atoms with Crippen LogP contribution in [0.15, 0.2) is 23.1 Å². The summed E-state index contributed by atoms with van der Waals surface area (Å²) in [5, 5.41) is 8.73. The third-order valence-electron chi connectivity index (χ3n) is 3.00. The molecule has 0 atom stereocenters. The second-order valence-electron chi connectivity index (χ2n) is 4.36. The predicted octanol–water partition coefficient (Wildman–Crippen LogP) is 0.437. The molecule has 1 fully saturated rings. The summed E-state index contributed by atoms with van der Waals surface area (Å²) in [5.41, 5.74) is 0.535. The lowest BCUT2D eigenvalue weighted by Gasteiger charge is -2.25. The summed E-state index contributed by atoms with van der Waals surface area (Å²) >= 11 is 6.04. The molecular formula is C13H14ClNO4S2. The van der Waals surface area contributed by atoms with Crippen LogP contribution in [0.4, 0.5) is 0 Å². The van der Waals surface area contributed by atoms with E-state index in [9.17, 15) is 12.6 Å². The van der Waals surface area contributed by atoms with E-state index in [0.29, 0.717) is 17.1 Å². The highest BCUT2D eigenvalue weighted by Gasteiger charge is 2.29. The van der Waals surface area contributed by atoms with Crippen LogP contribution in [0.5, 0.6) is 0 Å². The van der Waals surface area contributed by atoms with E-state index in [1.54, 1.807) is 6.07 Å². The number of halogens is 1. The average molecular weight is 348 g/mol. The van der Waals surface area contributed by atoms with Gasteiger partial charge in [0.1, 0.15) is 11.5 Å². The Morgan fingerprint density at radius 1 is 1.33 bits per heavy atom. The van der Waals surface area contributed by atoms with Crippen molar-refractivity contribution in [3.8, 4) is 11.8 Å². The van der Waals surface area contributed by atoms with Crippen LogP contribution in [0, 0.1) is 11.8 Å². The SMILES string of the molecule is O=S1CCN(S(=O)(=O)c2ccc(C#CCO)cc2Cl)CC1. The highest BCUT2D eigenvalue weighted by Crippen LogP contribution is 2.26. The van der Waals surface area contributed by atoms with Crippen molar-refractivity contribution in [3.05, 3.63) is 28.8 Å². The Balaban J connectivity index is 2.30. The molecule has 0 bridgehead atoms. The first-order valence-electron chi connectivity index (χ1n) is 6.19. The predicted molar refractivity (Wildman–Crippen MR) is 82.1 cm³/mol. The highest BCUT2D eigenvalue weighted by atomic mass is 35.5. The van der Waals surface area contributed by atoms with Crippen LogP contribution in [0.2, 0.25) is 5.02 Å². The number of sulfonamides is 1. The van der Waals surface area contributed by atoms with E-state index in [-0.39, 0.29) is 29.6 Å². The summed E-state index contributed by atoms with van der Waals surface area (Å²) in [6.07, 6.45) is 0. The fourth-order valence-electron chi connectivity index (χ4n) is 1.93. The zero-order valence-electron chi connectivity index (χ0n) is 11.1. The van der Waals surface area contributed by atoms with Gasteiger partial charge in [0, 0.05) is 41.0 Å². The summed E-state index contributed by atoms with van der Waals surface area (Å²) in [7, 11) is -4.63. The lowest BCUT2D eigenvalue weighted by atomic mass is 10.2. The van der Waals surface area contributed by atoms with Gasteiger partial charge in [0.2, 0.25) is 10.0 Å². The van der Waals surface area contributed by atoms with Crippen LogP contribution in [0.25, 0.3) is 0 Å². The number of benzene rings is 1. The molecule has 1 heterocycles. The molecule has 0 aromatic heterocycles. The molecule has 0 saturated carbocycles. The van der Waals surface area contributed by atoms with Gasteiger partial charge in [-0.3, -0.25) is 4.21 Å². The van der Waals surface area contributed by atoms with E-state index >= 15 is 0 Å². The van der Waals surface area contributed by atoms with E-state index in [2.05, 4.69) is 11.8 Å². The van der Waals surface area contributed by atoms with Crippen molar-refractivity contribution in [3.63, 3.8) is 0 Å². The largest absolute Gasteiger partial charge is 0.384 e. The molecule has 1 saturated heterocycles. The lowest BCUT2D eigenvalue weighted by molar-refractivity contribution is 0.350. The van der Waals surface area contributed by atoms with Crippen molar-refractivity contribution >= 4 is 32.4 Å². The number of hydrogen-bond donors (Lipinski definition) is 1. The minimum Gasteiger partial charge on any atom is -0.384 e. The molecule has 5 nitrogen and oxygen atoms in total. The van der Waals surface area contributed by atoms with Gasteiger partial charge in [-0.2, -0.15) is 4.31 Å². The van der Waals surface area contributed by atoms with Crippen LogP contribution >= 0.6 is 11.6 Å². The number of nitrogens with zero attached hydrogens (tertiary/aromatic N) is 1. The Labute approximate surface area is 131 Å². The van der Waals surface area contributed by atoms with Crippen LogP contribution in [0.1, 0.15) is 5.56 Å². The molecule has 1 aliphatic heterocycles. The zero-order valence-corrected chi connectivity index (χ0v) is 13.5. The van der Waals surface area contributed by atoms with Gasteiger partial charge < -0.3 is 5.11 Å². The fourth-order valence-corrected chi connectivity index (χ4v) is 5.17. The van der Waals surface area contributed by atoms with Gasteiger partial charge >= 0.3 is 0 Å². The van der Waals surface area contributed by atoms with Gasteiger partial charge in [-0.15, -0.1) is 0 Å². The second kappa shape index (κ2) is 6.90. The standard InChI is InChI=1S/C13H14ClNO4S2/c14-12-10-11(2-1-7-16)3-4-13(12)21(18,19)15-5-8-20(17)9-6-15/h3-4,10,16H,5-9H2. The van der Waals surface area contributed by atoms with Crippen molar-refractivity contribution in [2.75, 3.05) is 31.2 Å². The second-order valence-corrected chi connectivity index (χ2v) is 8.37. The van der Waals surface area contributed by atoms with Gasteiger partial charge in [-0.25, -0.2) is 8.42 Å². The van der Waals surface area contributed by atoms with Crippen molar-refractivity contribution < 1.29 is 17.7 Å². The van der Waals surface area contributed by atoms with E-state index < -0.39 is 20.8 Å². The third-order valence-corrected chi connectivity index (χ3v) is 6.66. The molecule has 1 aromatic rings. The topological polar surface area (TPSA) is 74.7 Å². The molecule has 0 unspecified atom stereocenters. The fraction of sp³-hybridized carbons (Fsp3) is 0.385. The highest BCUT2D eigenvalue weighted by molar-refractivity contribution is 7.89. The van der Waals surface area contributed by atoms with Gasteiger partial charge in [-0.05, 0) is 18.2 Å². The van der Waals surface area contributed by atoms with E-state index in [1.807, 2.05) is 0 Å². The molecule has 1 aromatic carbocycles. The van der Waals surface area contributed by atoms with Crippen LogP contribution in [-0.2, 0) is 20.8 Å². The maximum absolute atomic E-state index is 12.5. The Morgan fingerprint density at radius 3 is 2.57 bits per heavy atom. The maximum atomic E-state index is 12.5. The van der Waals surface area contributed by atoms with E-state index in [0.717, 1.165) is 0 Å². The van der Waals surface area contributed by atoms with Crippen molar-refractivity contribution in [2.24, 2.45) is 0 Å². The van der Waals surface area contributed by atoms with Gasteiger partial charge in [-0.1, -0.05) is 23.4 Å². The molecule has 0 aliphatic carbocycles. The van der Waals surface area contributed by atoms with Crippen LogP contribution < -0.4 is 0 Å². The van der Waals surface area contributed by atoms with Gasteiger partial charge in [0.25, 0.3) is 0 Å². The summed E-state index contributed by atoms with van der Waals surface area (Å²) in [4.78, 5) is 0.0198. The van der Waals surface area contributed by atoms with Gasteiger partial charge in [0.05, 0.1) is 5.02 Å². The first-order valence-corrected chi connectivity index (χ1v) is 9.50. The average Bonchev–Trinajstić information content (AvgIpc) is 2.45. The molecular weight excluding hydrogens is 334 g/mol. The first-order chi connectivity index (χ1) is 9.95. The number of rotatable bonds is 2. The molecule has 0 radical (unpaired) electrons. The molecule has 2 rings (SSSR count). The molecule has 1 N–H and O–H groups in total. The summed E-state index contributed by atoms with van der Waals surface area (Å²) in [6.45, 7) is 0.192. The molecule has 1 aliphatic rings. The first kappa shape index (κ1) is 16.5. The zero-order chi connectivity index (χ0) is 15.5. The minimum absolute atomic E-state index is 0.0198. The third kappa shape index (κ3) is 3.84. The quantitative estimate of drug-likeness (QED) is 0.788. The van der Waals surface area contributed by atoms with Crippen LogP contribution in [0.3, 0.4) is 0 Å². The number of aliphatic hydroxyl groups excluding tert-OH is 1. The summed E-state index contributed by atoms with van der Waals surface area (Å²) in [5.74, 6) is 5.83. The minimum atomic E-state index is -3.68. The maximum Gasteiger partial charge on any atom is 0.244 e. The summed E-state index contributed by atoms with van der Waals surface area (Å²) in [6, 6.07) is 4.41.